The quantitative estimate of drug-likeness (QED) is 0.163. The van der Waals surface area contributed by atoms with Crippen LogP contribution in [0.3, 0.4) is 0 Å². The first-order valence-corrected chi connectivity index (χ1v) is 13.3. The van der Waals surface area contributed by atoms with Crippen molar-refractivity contribution in [2.24, 2.45) is 5.92 Å². The minimum absolute atomic E-state index is 0.0426. The van der Waals surface area contributed by atoms with Gasteiger partial charge >= 0.3 is 24.4 Å². The molecule has 0 saturated heterocycles. The molecule has 0 heterocycles. The third-order valence-corrected chi connectivity index (χ3v) is 7.81. The Labute approximate surface area is 261 Å². The van der Waals surface area contributed by atoms with E-state index in [-0.39, 0.29) is 16.3 Å². The Kier molecular flexibility index (Phi) is 9.31. The Bertz CT molecular complexity index is 1690. The molecule has 0 aromatic heterocycles. The van der Waals surface area contributed by atoms with Gasteiger partial charge in [0.15, 0.2) is 5.82 Å². The lowest BCUT2D eigenvalue weighted by Gasteiger charge is -2.17. The summed E-state index contributed by atoms with van der Waals surface area (Å²) >= 11 is 18.5. The molecule has 6 nitrogen and oxygen atoms in total. The first-order chi connectivity index (χ1) is 20.8. The van der Waals surface area contributed by atoms with Crippen LogP contribution < -0.4 is 16.0 Å². The van der Waals surface area contributed by atoms with E-state index in [1.807, 2.05) is 5.32 Å². The van der Waals surface area contributed by atoms with Crippen LogP contribution in [0.25, 0.3) is 0 Å². The maximum absolute atomic E-state index is 14.9. The molecule has 1 aliphatic carbocycles. The van der Waals surface area contributed by atoms with Crippen molar-refractivity contribution in [1.29, 1.82) is 0 Å². The highest BCUT2D eigenvalue weighted by molar-refractivity contribution is 6.53. The van der Waals surface area contributed by atoms with Gasteiger partial charge in [-0.2, -0.15) is 22.0 Å². The molecular weight excluding hydrogens is 692 g/mol. The molecule has 45 heavy (non-hydrogen) atoms. The van der Waals surface area contributed by atoms with Crippen LogP contribution in [0.2, 0.25) is 5.02 Å². The van der Waals surface area contributed by atoms with Crippen molar-refractivity contribution >= 4 is 69.6 Å². The normalized spacial score (nSPS) is 17.5. The van der Waals surface area contributed by atoms with Crippen LogP contribution in [0.5, 0.6) is 0 Å². The van der Waals surface area contributed by atoms with Gasteiger partial charge in [-0.3, -0.25) is 14.4 Å². The summed E-state index contributed by atoms with van der Waals surface area (Å²) in [5.41, 5.74) is -3.92. The summed E-state index contributed by atoms with van der Waals surface area (Å²) in [6.45, 7) is 0. The summed E-state index contributed by atoms with van der Waals surface area (Å²) < 4.78 is 118. The monoisotopic (exact) mass is 705 g/mol. The zero-order valence-corrected chi connectivity index (χ0v) is 24.0. The van der Waals surface area contributed by atoms with Crippen LogP contribution in [0.4, 0.5) is 56.6 Å². The van der Waals surface area contributed by atoms with Crippen molar-refractivity contribution < 1.29 is 53.9 Å². The molecule has 3 aromatic carbocycles. The molecule has 0 aliphatic heterocycles. The number of carbonyl (C=O) groups is 3. The van der Waals surface area contributed by atoms with Crippen LogP contribution in [0, 0.1) is 17.6 Å². The van der Waals surface area contributed by atoms with Gasteiger partial charge in [0, 0.05) is 11.6 Å². The first-order valence-electron chi connectivity index (χ1n) is 12.2. The average Bonchev–Trinajstić information content (AvgIpc) is 3.54. The van der Waals surface area contributed by atoms with E-state index in [1.54, 1.807) is 0 Å². The molecular formula is C27H15Cl3F9N3O3. The summed E-state index contributed by atoms with van der Waals surface area (Å²) in [6, 6.07) is 8.47. The fraction of sp³-hybridized carbons (Fsp3) is 0.222. The number of hydrogen-bond acceptors (Lipinski definition) is 3. The number of anilines is 3. The number of nitrogens with one attached hydrogen (secondary N) is 3. The Balaban J connectivity index is 1.52. The predicted octanol–water partition coefficient (Wildman–Crippen LogP) is 8.25. The molecule has 2 atom stereocenters. The maximum atomic E-state index is 14.9. The highest BCUT2D eigenvalue weighted by Gasteiger charge is 2.67. The highest BCUT2D eigenvalue weighted by atomic mass is 35.5. The van der Waals surface area contributed by atoms with Crippen LogP contribution in [-0.4, -0.2) is 34.4 Å². The van der Waals surface area contributed by atoms with Crippen molar-refractivity contribution in [3.63, 3.8) is 0 Å². The lowest BCUT2D eigenvalue weighted by atomic mass is 10.1. The fourth-order valence-corrected chi connectivity index (χ4v) is 5.25. The van der Waals surface area contributed by atoms with Crippen molar-refractivity contribution in [3.05, 3.63) is 87.9 Å². The first kappa shape index (κ1) is 34.2. The van der Waals surface area contributed by atoms with E-state index >= 15 is 0 Å². The predicted molar refractivity (Wildman–Crippen MR) is 146 cm³/mol. The molecule has 0 radical (unpaired) electrons. The molecule has 18 heteroatoms. The molecule has 1 unspecified atom stereocenters. The van der Waals surface area contributed by atoms with Gasteiger partial charge in [-0.15, -0.1) is 23.2 Å². The van der Waals surface area contributed by atoms with E-state index < -0.39 is 86.6 Å². The molecule has 240 valence electrons. The Morgan fingerprint density at radius 3 is 2.16 bits per heavy atom. The largest absolute Gasteiger partial charge is 0.416 e. The molecule has 1 fully saturated rings. The molecule has 3 N–H and O–H groups in total. The van der Waals surface area contributed by atoms with Crippen LogP contribution in [0.1, 0.15) is 27.4 Å². The second kappa shape index (κ2) is 12.2. The van der Waals surface area contributed by atoms with Gasteiger partial charge in [-0.25, -0.2) is 17.6 Å². The molecule has 3 aromatic rings. The lowest BCUT2D eigenvalue weighted by Crippen LogP contribution is -2.41. The minimum Gasteiger partial charge on any atom is -0.326 e. The van der Waals surface area contributed by atoms with E-state index in [0.717, 1.165) is 35.6 Å². The zero-order valence-electron chi connectivity index (χ0n) is 21.7. The topological polar surface area (TPSA) is 87.3 Å². The number of alkyl halides is 9. The van der Waals surface area contributed by atoms with Crippen molar-refractivity contribution in [2.45, 2.75) is 28.8 Å². The summed E-state index contributed by atoms with van der Waals surface area (Å²) in [6.07, 6.45) is -9.15. The molecule has 0 spiro atoms. The average molecular weight is 707 g/mol. The van der Waals surface area contributed by atoms with Gasteiger partial charge in [0.25, 0.3) is 5.91 Å². The highest BCUT2D eigenvalue weighted by Crippen LogP contribution is 2.65. The van der Waals surface area contributed by atoms with Gasteiger partial charge in [0.2, 0.25) is 5.91 Å². The Hall–Kier alpha value is -3.69. The third kappa shape index (κ3) is 6.94. The van der Waals surface area contributed by atoms with Gasteiger partial charge in [0.05, 0.1) is 27.8 Å². The number of hydrogen-bond donors (Lipinski definition) is 3. The lowest BCUT2D eigenvalue weighted by molar-refractivity contribution is -0.163. The van der Waals surface area contributed by atoms with Gasteiger partial charge in [-0.1, -0.05) is 29.8 Å². The summed E-state index contributed by atoms with van der Waals surface area (Å²) in [4.78, 5) is 37.3. The minimum atomic E-state index is -5.29. The maximum Gasteiger partial charge on any atom is 0.416 e. The SMILES string of the molecule is O=C(Nc1ccc(F)c(NC(=O)C(F)(F)C(F)F)c1F)c1cc(NC(=O)[C@H]2C(c3cccc(C(F)(F)F)c3)C2(Cl)Cl)ccc1Cl. The fourth-order valence-electron chi connectivity index (χ4n) is 4.22. The van der Waals surface area contributed by atoms with Crippen molar-refractivity contribution in [1.82, 2.24) is 0 Å². The Morgan fingerprint density at radius 1 is 0.867 bits per heavy atom. The van der Waals surface area contributed by atoms with Crippen LogP contribution >= 0.6 is 34.8 Å². The number of halogens is 12. The Morgan fingerprint density at radius 2 is 1.53 bits per heavy atom. The van der Waals surface area contributed by atoms with Gasteiger partial charge < -0.3 is 16.0 Å². The number of benzene rings is 3. The second-order valence-electron chi connectivity index (χ2n) is 9.55. The number of amides is 3. The van der Waals surface area contributed by atoms with Crippen molar-refractivity contribution in [3.8, 4) is 0 Å². The van der Waals surface area contributed by atoms with E-state index in [0.29, 0.717) is 12.1 Å². The van der Waals surface area contributed by atoms with Crippen LogP contribution in [0.15, 0.2) is 54.6 Å². The van der Waals surface area contributed by atoms with E-state index in [4.69, 9.17) is 34.8 Å². The van der Waals surface area contributed by atoms with E-state index in [2.05, 4.69) is 5.32 Å². The smallest absolute Gasteiger partial charge is 0.326 e. The molecule has 1 saturated carbocycles. The summed E-state index contributed by atoms with van der Waals surface area (Å²) in [5, 5.41) is 5.09. The molecule has 1 aliphatic rings. The molecule has 4 rings (SSSR count). The standard InChI is InChI=1S/C27H15Cl3F9N3O3/c28-14-5-4-12(40-22(44)18-17(25(18,29)30)10-2-1-3-11(8-10)27(37,38)39)9-13(14)21(43)41-16-7-6-15(31)20(19(16)32)42-24(45)26(35,36)23(33)34/h1-9,17-18,23H,(H,40,44)(H,41,43)(H,42,45)/t17?,18-/m1/s1. The van der Waals surface area contributed by atoms with Gasteiger partial charge in [-0.05, 0) is 42.0 Å². The number of carbonyl (C=O) groups excluding carboxylic acids is 3. The third-order valence-electron chi connectivity index (χ3n) is 6.54. The molecule has 3 amide bonds. The van der Waals surface area contributed by atoms with Crippen molar-refractivity contribution in [2.75, 3.05) is 16.0 Å². The number of rotatable bonds is 8. The zero-order chi connectivity index (χ0) is 33.6. The van der Waals surface area contributed by atoms with E-state index in [9.17, 15) is 53.9 Å². The van der Waals surface area contributed by atoms with E-state index in [1.165, 1.54) is 12.1 Å². The molecule has 0 bridgehead atoms. The van der Waals surface area contributed by atoms with Crippen LogP contribution in [-0.2, 0) is 15.8 Å². The summed E-state index contributed by atoms with van der Waals surface area (Å²) in [7, 11) is 0. The summed E-state index contributed by atoms with van der Waals surface area (Å²) in [5.74, 6) is -15.8. The van der Waals surface area contributed by atoms with Gasteiger partial charge in [0.1, 0.15) is 15.8 Å². The second-order valence-corrected chi connectivity index (χ2v) is 11.4.